The Bertz CT molecular complexity index is 695. The van der Waals surface area contributed by atoms with Crippen LogP contribution in [0.15, 0.2) is 30.5 Å². The summed E-state index contributed by atoms with van der Waals surface area (Å²) < 4.78 is 0. The van der Waals surface area contributed by atoms with Gasteiger partial charge in [-0.25, -0.2) is 10.8 Å². The van der Waals surface area contributed by atoms with Crippen LogP contribution in [-0.4, -0.2) is 14.9 Å². The van der Waals surface area contributed by atoms with Crippen LogP contribution in [0.25, 0.3) is 0 Å². The summed E-state index contributed by atoms with van der Waals surface area (Å²) in [5.74, 6) is 5.18. The van der Waals surface area contributed by atoms with Crippen molar-refractivity contribution in [2.24, 2.45) is 5.84 Å². The third-order valence-corrected chi connectivity index (χ3v) is 2.35. The minimum absolute atomic E-state index is 0.0203. The number of aromatic nitrogens is 2. The molecule has 2 rings (SSSR count). The van der Waals surface area contributed by atoms with Gasteiger partial charge in [-0.1, -0.05) is 6.07 Å². The third kappa shape index (κ3) is 2.77. The Hall–Kier alpha value is -3.25. The molecule has 20 heavy (non-hydrogen) atoms. The topological polar surface area (TPSA) is 143 Å². The zero-order valence-corrected chi connectivity index (χ0v) is 10.1. The first-order chi connectivity index (χ1) is 9.63. The molecule has 9 heteroatoms. The minimum Gasteiger partial charge on any atom is -0.334 e. The lowest BCUT2D eigenvalue weighted by atomic mass is 10.2. The van der Waals surface area contributed by atoms with Crippen LogP contribution in [0.2, 0.25) is 0 Å². The van der Waals surface area contributed by atoms with Crippen LogP contribution in [0.3, 0.4) is 0 Å². The van der Waals surface area contributed by atoms with Crippen molar-refractivity contribution in [2.45, 2.75) is 0 Å². The van der Waals surface area contributed by atoms with Crippen molar-refractivity contribution < 1.29 is 4.92 Å². The fourth-order valence-corrected chi connectivity index (χ4v) is 1.47. The van der Waals surface area contributed by atoms with Gasteiger partial charge >= 0.3 is 5.69 Å². The Balaban J connectivity index is 2.40. The second kappa shape index (κ2) is 5.59. The number of hydrazine groups is 1. The highest BCUT2D eigenvalue weighted by Gasteiger charge is 2.17. The Morgan fingerprint density at radius 2 is 2.25 bits per heavy atom. The molecule has 0 fully saturated rings. The molecule has 4 N–H and O–H groups in total. The number of nitrogens with two attached hydrogens (primary N) is 1. The molecule has 0 saturated heterocycles. The number of nitrogens with zero attached hydrogens (tertiary/aromatic N) is 4. The maximum absolute atomic E-state index is 10.9. The predicted octanol–water partition coefficient (Wildman–Crippen LogP) is 1.29. The molecule has 1 aromatic carbocycles. The first-order valence-electron chi connectivity index (χ1n) is 5.39. The molecule has 100 valence electrons. The zero-order chi connectivity index (χ0) is 14.5. The summed E-state index contributed by atoms with van der Waals surface area (Å²) in [6.45, 7) is 0. The van der Waals surface area contributed by atoms with Crippen molar-refractivity contribution in [3.8, 4) is 6.07 Å². The summed E-state index contributed by atoms with van der Waals surface area (Å²) in [6.07, 6.45) is 1.04. The molecule has 9 nitrogen and oxygen atoms in total. The normalized spacial score (nSPS) is 9.60. The van der Waals surface area contributed by atoms with E-state index in [9.17, 15) is 10.1 Å². The van der Waals surface area contributed by atoms with Crippen LogP contribution in [0.4, 0.5) is 23.1 Å². The van der Waals surface area contributed by atoms with Gasteiger partial charge in [0, 0.05) is 5.69 Å². The van der Waals surface area contributed by atoms with E-state index >= 15 is 0 Å². The molecule has 0 aliphatic rings. The quantitative estimate of drug-likeness (QED) is 0.428. The van der Waals surface area contributed by atoms with E-state index < -0.39 is 4.92 Å². The number of nitro groups is 1. The second-order valence-corrected chi connectivity index (χ2v) is 3.65. The molecule has 0 unspecified atom stereocenters. The predicted molar refractivity (Wildman–Crippen MR) is 70.9 cm³/mol. The zero-order valence-electron chi connectivity index (χ0n) is 10.1. The summed E-state index contributed by atoms with van der Waals surface area (Å²) in [7, 11) is 0. The number of benzene rings is 1. The van der Waals surface area contributed by atoms with Gasteiger partial charge in [0.2, 0.25) is 11.8 Å². The lowest BCUT2D eigenvalue weighted by Gasteiger charge is -2.07. The monoisotopic (exact) mass is 271 g/mol. The molecule has 0 saturated carbocycles. The van der Waals surface area contributed by atoms with Gasteiger partial charge in [0.25, 0.3) is 0 Å². The number of hydrogen-bond acceptors (Lipinski definition) is 8. The maximum atomic E-state index is 10.9. The highest BCUT2D eigenvalue weighted by molar-refractivity contribution is 5.66. The highest BCUT2D eigenvalue weighted by atomic mass is 16.6. The fraction of sp³-hybridized carbons (Fsp3) is 0. The van der Waals surface area contributed by atoms with E-state index in [4.69, 9.17) is 11.1 Å². The molecule has 2 aromatic rings. The Morgan fingerprint density at radius 3 is 2.90 bits per heavy atom. The van der Waals surface area contributed by atoms with Gasteiger partial charge in [-0.15, -0.1) is 0 Å². The molecular weight excluding hydrogens is 262 g/mol. The SMILES string of the molecule is N#Cc1cccc(Nc2nc(NN)ncc2[N+](=O)[O-])c1. The molecule has 0 aliphatic carbocycles. The van der Waals surface area contributed by atoms with Crippen molar-refractivity contribution in [2.75, 3.05) is 10.7 Å². The molecule has 0 atom stereocenters. The van der Waals surface area contributed by atoms with Crippen LogP contribution in [0.5, 0.6) is 0 Å². The van der Waals surface area contributed by atoms with Gasteiger partial charge in [-0.3, -0.25) is 15.5 Å². The van der Waals surface area contributed by atoms with Crippen molar-refractivity contribution in [1.82, 2.24) is 9.97 Å². The van der Waals surface area contributed by atoms with Crippen molar-refractivity contribution in [3.05, 3.63) is 46.1 Å². The number of hydrogen-bond donors (Lipinski definition) is 3. The molecule has 0 aliphatic heterocycles. The maximum Gasteiger partial charge on any atom is 0.329 e. The number of nitrogens with one attached hydrogen (secondary N) is 2. The van der Waals surface area contributed by atoms with Crippen LogP contribution < -0.4 is 16.6 Å². The molecule has 0 amide bonds. The lowest BCUT2D eigenvalue weighted by molar-refractivity contribution is -0.384. The van der Waals surface area contributed by atoms with Crippen LogP contribution in [0.1, 0.15) is 5.56 Å². The largest absolute Gasteiger partial charge is 0.334 e. The molecule has 0 radical (unpaired) electrons. The summed E-state index contributed by atoms with van der Waals surface area (Å²) in [5.41, 5.74) is 2.82. The molecule has 1 aromatic heterocycles. The molecule has 0 bridgehead atoms. The number of nitriles is 1. The van der Waals surface area contributed by atoms with Gasteiger partial charge in [0.1, 0.15) is 6.20 Å². The summed E-state index contributed by atoms with van der Waals surface area (Å²) >= 11 is 0. The Morgan fingerprint density at radius 1 is 1.45 bits per heavy atom. The average Bonchev–Trinajstić information content (AvgIpc) is 2.47. The van der Waals surface area contributed by atoms with Gasteiger partial charge in [0.15, 0.2) is 0 Å². The molecule has 0 spiro atoms. The minimum atomic E-state index is -0.614. The lowest BCUT2D eigenvalue weighted by Crippen LogP contribution is -2.12. The Labute approximate surface area is 113 Å². The van der Waals surface area contributed by atoms with E-state index in [1.54, 1.807) is 24.3 Å². The number of nitrogen functional groups attached to an aromatic ring is 1. The van der Waals surface area contributed by atoms with E-state index in [-0.39, 0.29) is 17.5 Å². The van der Waals surface area contributed by atoms with E-state index in [2.05, 4.69) is 20.7 Å². The smallest absolute Gasteiger partial charge is 0.329 e. The van der Waals surface area contributed by atoms with Gasteiger partial charge in [-0.2, -0.15) is 10.2 Å². The van der Waals surface area contributed by atoms with E-state index in [0.29, 0.717) is 11.3 Å². The first kappa shape index (κ1) is 13.2. The van der Waals surface area contributed by atoms with E-state index in [1.807, 2.05) is 6.07 Å². The summed E-state index contributed by atoms with van der Waals surface area (Å²) in [4.78, 5) is 17.9. The second-order valence-electron chi connectivity index (χ2n) is 3.65. The van der Waals surface area contributed by atoms with Crippen molar-refractivity contribution in [1.29, 1.82) is 5.26 Å². The highest BCUT2D eigenvalue weighted by Crippen LogP contribution is 2.25. The van der Waals surface area contributed by atoms with Crippen LogP contribution in [0, 0.1) is 21.4 Å². The van der Waals surface area contributed by atoms with Gasteiger partial charge < -0.3 is 5.32 Å². The van der Waals surface area contributed by atoms with Gasteiger partial charge in [0.05, 0.1) is 16.6 Å². The third-order valence-electron chi connectivity index (χ3n) is 2.35. The Kier molecular flexibility index (Phi) is 3.69. The van der Waals surface area contributed by atoms with Crippen molar-refractivity contribution in [3.63, 3.8) is 0 Å². The fourth-order valence-electron chi connectivity index (χ4n) is 1.47. The molecule has 1 heterocycles. The summed E-state index contributed by atoms with van der Waals surface area (Å²) in [5, 5.41) is 22.5. The number of rotatable bonds is 4. The van der Waals surface area contributed by atoms with E-state index in [0.717, 1.165) is 6.20 Å². The van der Waals surface area contributed by atoms with Gasteiger partial charge in [-0.05, 0) is 18.2 Å². The number of anilines is 3. The van der Waals surface area contributed by atoms with Crippen LogP contribution >= 0.6 is 0 Å². The average molecular weight is 271 g/mol. The molecular formula is C11H9N7O2. The first-order valence-corrected chi connectivity index (χ1v) is 5.39. The van der Waals surface area contributed by atoms with E-state index in [1.165, 1.54) is 0 Å². The standard InChI is InChI=1S/C11H9N7O2/c12-5-7-2-1-3-8(4-7)15-10-9(18(19)20)6-14-11(16-10)17-13/h1-4,6H,13H2,(H2,14,15,16,17). The summed E-state index contributed by atoms with van der Waals surface area (Å²) in [6, 6.07) is 8.44. The van der Waals surface area contributed by atoms with Crippen molar-refractivity contribution >= 4 is 23.1 Å². The van der Waals surface area contributed by atoms with Crippen LogP contribution in [-0.2, 0) is 0 Å².